The van der Waals surface area contributed by atoms with E-state index < -0.39 is 0 Å². The number of aromatic nitrogens is 5. The second-order valence-corrected chi connectivity index (χ2v) is 3.30. The number of nitrogens with two attached hydrogens (primary N) is 1. The van der Waals surface area contributed by atoms with Gasteiger partial charge in [-0.3, -0.25) is 4.98 Å². The Hall–Kier alpha value is -2.50. The fraction of sp³-hybridized carbons (Fsp3) is 0. The third kappa shape index (κ3) is 1.20. The summed E-state index contributed by atoms with van der Waals surface area (Å²) in [6.07, 6.45) is 1.75. The predicted octanol–water partition coefficient (Wildman–Crippen LogP) is 0.793. The molecule has 0 atom stereocenters. The minimum Gasteiger partial charge on any atom is -0.366 e. The largest absolute Gasteiger partial charge is 0.366 e. The number of pyridine rings is 1. The zero-order valence-electron chi connectivity index (χ0n) is 8.28. The third-order valence-corrected chi connectivity index (χ3v) is 2.34. The van der Waals surface area contributed by atoms with Crippen LogP contribution in [0.1, 0.15) is 0 Å². The number of nitrogens with zero attached hydrogens (tertiary/aromatic N) is 5. The highest BCUT2D eigenvalue weighted by Gasteiger charge is 2.07. The van der Waals surface area contributed by atoms with Crippen LogP contribution in [0.3, 0.4) is 0 Å². The summed E-state index contributed by atoms with van der Waals surface area (Å²) in [6, 6.07) is 9.55. The summed E-state index contributed by atoms with van der Waals surface area (Å²) in [5.74, 6) is 0.261. The van der Waals surface area contributed by atoms with Crippen molar-refractivity contribution < 1.29 is 0 Å². The van der Waals surface area contributed by atoms with Gasteiger partial charge in [0.2, 0.25) is 5.95 Å². The van der Waals surface area contributed by atoms with Crippen molar-refractivity contribution in [1.82, 2.24) is 25.2 Å². The van der Waals surface area contributed by atoms with E-state index in [-0.39, 0.29) is 5.95 Å². The Kier molecular flexibility index (Phi) is 1.79. The maximum absolute atomic E-state index is 5.67. The zero-order chi connectivity index (χ0) is 11.0. The van der Waals surface area contributed by atoms with Crippen molar-refractivity contribution in [3.8, 4) is 5.69 Å². The van der Waals surface area contributed by atoms with E-state index in [9.17, 15) is 0 Å². The van der Waals surface area contributed by atoms with E-state index in [1.54, 1.807) is 6.20 Å². The fourth-order valence-corrected chi connectivity index (χ4v) is 1.64. The van der Waals surface area contributed by atoms with Crippen molar-refractivity contribution in [2.24, 2.45) is 0 Å². The lowest BCUT2D eigenvalue weighted by Gasteiger charge is -2.04. The first-order chi connectivity index (χ1) is 7.86. The van der Waals surface area contributed by atoms with Crippen LogP contribution in [0.4, 0.5) is 5.95 Å². The molecule has 0 spiro atoms. The van der Waals surface area contributed by atoms with Gasteiger partial charge in [0.1, 0.15) is 0 Å². The van der Waals surface area contributed by atoms with E-state index in [1.807, 2.05) is 30.3 Å². The summed E-state index contributed by atoms with van der Waals surface area (Å²) in [4.78, 5) is 4.26. The Morgan fingerprint density at radius 3 is 2.88 bits per heavy atom. The highest BCUT2D eigenvalue weighted by atomic mass is 15.6. The van der Waals surface area contributed by atoms with Crippen LogP contribution in [-0.2, 0) is 0 Å². The van der Waals surface area contributed by atoms with Crippen molar-refractivity contribution in [2.45, 2.75) is 0 Å². The molecule has 3 rings (SSSR count). The van der Waals surface area contributed by atoms with Crippen molar-refractivity contribution in [3.05, 3.63) is 36.5 Å². The van der Waals surface area contributed by atoms with Crippen LogP contribution in [0.5, 0.6) is 0 Å². The second-order valence-electron chi connectivity index (χ2n) is 3.30. The van der Waals surface area contributed by atoms with Crippen LogP contribution in [0.2, 0.25) is 0 Å². The molecule has 78 valence electrons. The van der Waals surface area contributed by atoms with Crippen LogP contribution in [-0.4, -0.2) is 25.2 Å². The molecule has 0 aliphatic rings. The third-order valence-electron chi connectivity index (χ3n) is 2.34. The fourth-order valence-electron chi connectivity index (χ4n) is 1.64. The van der Waals surface area contributed by atoms with Crippen molar-refractivity contribution in [3.63, 3.8) is 0 Å². The number of anilines is 1. The normalized spacial score (nSPS) is 10.8. The summed E-state index contributed by atoms with van der Waals surface area (Å²) in [7, 11) is 0. The highest BCUT2D eigenvalue weighted by molar-refractivity contribution is 5.87. The Morgan fingerprint density at radius 2 is 2.06 bits per heavy atom. The SMILES string of the molecule is Nc1nnnn1-c1cccc2ncccc12. The number of nitrogen functional groups attached to an aromatic ring is 1. The molecule has 0 radical (unpaired) electrons. The Labute approximate surface area is 90.7 Å². The standard InChI is InChI=1S/C10H8N6/c11-10-13-14-15-16(10)9-5-1-4-8-7(9)3-2-6-12-8/h1-6H,(H2,11,13,15). The van der Waals surface area contributed by atoms with E-state index in [0.29, 0.717) is 0 Å². The number of hydrogen-bond donors (Lipinski definition) is 1. The lowest BCUT2D eigenvalue weighted by molar-refractivity contribution is 0.795. The monoisotopic (exact) mass is 212 g/mol. The molecule has 0 amide bonds. The molecule has 0 fully saturated rings. The van der Waals surface area contributed by atoms with Crippen LogP contribution < -0.4 is 5.73 Å². The molecule has 2 heterocycles. The maximum Gasteiger partial charge on any atom is 0.245 e. The van der Waals surface area contributed by atoms with E-state index in [4.69, 9.17) is 5.73 Å². The average molecular weight is 212 g/mol. The van der Waals surface area contributed by atoms with Gasteiger partial charge in [-0.2, -0.15) is 4.68 Å². The number of hydrogen-bond acceptors (Lipinski definition) is 5. The molecule has 0 aliphatic carbocycles. The van der Waals surface area contributed by atoms with Crippen LogP contribution in [0.25, 0.3) is 16.6 Å². The minimum absolute atomic E-state index is 0.261. The lowest BCUT2D eigenvalue weighted by atomic mass is 10.2. The van der Waals surface area contributed by atoms with Gasteiger partial charge >= 0.3 is 0 Å². The van der Waals surface area contributed by atoms with Crippen molar-refractivity contribution >= 4 is 16.9 Å². The van der Waals surface area contributed by atoms with Gasteiger partial charge in [-0.1, -0.05) is 11.2 Å². The number of tetrazole rings is 1. The topological polar surface area (TPSA) is 82.5 Å². The van der Waals surface area contributed by atoms with Crippen LogP contribution in [0.15, 0.2) is 36.5 Å². The van der Waals surface area contributed by atoms with Gasteiger partial charge in [-0.05, 0) is 34.7 Å². The summed E-state index contributed by atoms with van der Waals surface area (Å²) < 4.78 is 1.49. The number of benzene rings is 1. The summed E-state index contributed by atoms with van der Waals surface area (Å²) in [6.45, 7) is 0. The van der Waals surface area contributed by atoms with E-state index in [2.05, 4.69) is 20.5 Å². The van der Waals surface area contributed by atoms with Crippen LogP contribution in [0, 0.1) is 0 Å². The van der Waals surface area contributed by atoms with Gasteiger partial charge in [0.05, 0.1) is 11.2 Å². The van der Waals surface area contributed by atoms with E-state index >= 15 is 0 Å². The Balaban J connectivity index is 2.36. The molecule has 6 heteroatoms. The number of fused-ring (bicyclic) bond motifs is 1. The van der Waals surface area contributed by atoms with Gasteiger partial charge < -0.3 is 5.73 Å². The molecule has 0 saturated heterocycles. The smallest absolute Gasteiger partial charge is 0.245 e. The molecule has 2 N–H and O–H groups in total. The molecule has 6 nitrogen and oxygen atoms in total. The lowest BCUT2D eigenvalue weighted by Crippen LogP contribution is -2.03. The molecule has 0 bridgehead atoms. The van der Waals surface area contributed by atoms with E-state index in [1.165, 1.54) is 4.68 Å². The van der Waals surface area contributed by atoms with Crippen molar-refractivity contribution in [2.75, 3.05) is 5.73 Å². The highest BCUT2D eigenvalue weighted by Crippen LogP contribution is 2.20. The predicted molar refractivity (Wildman–Crippen MR) is 58.9 cm³/mol. The van der Waals surface area contributed by atoms with Gasteiger partial charge in [0.25, 0.3) is 0 Å². The Morgan fingerprint density at radius 1 is 1.12 bits per heavy atom. The van der Waals surface area contributed by atoms with Gasteiger partial charge in [-0.15, -0.1) is 0 Å². The molecule has 16 heavy (non-hydrogen) atoms. The van der Waals surface area contributed by atoms with Gasteiger partial charge in [-0.25, -0.2) is 0 Å². The molecule has 2 aromatic heterocycles. The molecule has 0 saturated carbocycles. The summed E-state index contributed by atoms with van der Waals surface area (Å²) in [5, 5.41) is 12.0. The molecular formula is C10H8N6. The molecule has 3 aromatic rings. The average Bonchev–Trinajstić information content (AvgIpc) is 2.75. The molecule has 0 aliphatic heterocycles. The Bertz CT molecular complexity index is 639. The first-order valence-corrected chi connectivity index (χ1v) is 4.74. The zero-order valence-corrected chi connectivity index (χ0v) is 8.28. The van der Waals surface area contributed by atoms with Crippen LogP contribution >= 0.6 is 0 Å². The minimum atomic E-state index is 0.261. The molecule has 0 unspecified atom stereocenters. The first kappa shape index (κ1) is 8.78. The van der Waals surface area contributed by atoms with E-state index in [0.717, 1.165) is 16.6 Å². The quantitative estimate of drug-likeness (QED) is 0.644. The summed E-state index contributed by atoms with van der Waals surface area (Å²) in [5.41, 5.74) is 7.38. The maximum atomic E-state index is 5.67. The van der Waals surface area contributed by atoms with Gasteiger partial charge in [0, 0.05) is 11.6 Å². The van der Waals surface area contributed by atoms with Crippen molar-refractivity contribution in [1.29, 1.82) is 0 Å². The molecular weight excluding hydrogens is 204 g/mol. The summed E-state index contributed by atoms with van der Waals surface area (Å²) >= 11 is 0. The van der Waals surface area contributed by atoms with Gasteiger partial charge in [0.15, 0.2) is 0 Å². The molecule has 1 aromatic carbocycles. The number of rotatable bonds is 1. The first-order valence-electron chi connectivity index (χ1n) is 4.74. The second kappa shape index (κ2) is 3.27.